The number of benzene rings is 1. The number of aryl methyl sites for hydroxylation is 3. The molecule has 11 nitrogen and oxygen atoms in total. The minimum Gasteiger partial charge on any atom is -0.490 e. The summed E-state index contributed by atoms with van der Waals surface area (Å²) in [6, 6.07) is 5.51. The molecule has 11 heteroatoms. The number of primary amides is 1. The third kappa shape index (κ3) is 6.31. The van der Waals surface area contributed by atoms with Gasteiger partial charge >= 0.3 is 0 Å². The van der Waals surface area contributed by atoms with Gasteiger partial charge in [-0.05, 0) is 63.9 Å². The monoisotopic (exact) mass is 484 g/mol. The number of hydrogen-bond acceptors (Lipinski definition) is 10. The molecule has 0 radical (unpaired) electrons. The summed E-state index contributed by atoms with van der Waals surface area (Å²) in [6.45, 7) is 11.2. The van der Waals surface area contributed by atoms with E-state index in [1.165, 1.54) is 0 Å². The van der Waals surface area contributed by atoms with Crippen LogP contribution in [0.1, 0.15) is 37.1 Å². The Morgan fingerprint density at radius 3 is 2.34 bits per heavy atom. The normalized spacial score (nSPS) is 12.9. The molecule has 0 spiro atoms. The van der Waals surface area contributed by atoms with Crippen molar-refractivity contribution in [2.24, 2.45) is 5.73 Å². The van der Waals surface area contributed by atoms with Crippen LogP contribution in [-0.4, -0.2) is 68.1 Å². The second-order valence-corrected chi connectivity index (χ2v) is 8.35. The zero-order valence-electron chi connectivity index (χ0n) is 20.6. The summed E-state index contributed by atoms with van der Waals surface area (Å²) in [6.07, 6.45) is -2.67. The summed E-state index contributed by atoms with van der Waals surface area (Å²) in [7, 11) is 0. The number of amides is 1. The van der Waals surface area contributed by atoms with Crippen LogP contribution in [0.15, 0.2) is 22.7 Å². The van der Waals surface area contributed by atoms with Crippen LogP contribution in [0.25, 0.3) is 23.0 Å². The smallest absolute Gasteiger partial charge is 0.277 e. The van der Waals surface area contributed by atoms with Crippen LogP contribution < -0.4 is 15.4 Å². The van der Waals surface area contributed by atoms with Gasteiger partial charge < -0.3 is 30.1 Å². The molecule has 0 bridgehead atoms. The fourth-order valence-electron chi connectivity index (χ4n) is 3.68. The van der Waals surface area contributed by atoms with E-state index in [2.05, 4.69) is 20.1 Å². The van der Waals surface area contributed by atoms with Crippen molar-refractivity contribution in [1.29, 1.82) is 0 Å². The first-order valence-corrected chi connectivity index (χ1v) is 11.5. The zero-order valence-corrected chi connectivity index (χ0v) is 20.6. The first-order chi connectivity index (χ1) is 16.6. The van der Waals surface area contributed by atoms with Crippen molar-refractivity contribution in [3.05, 3.63) is 35.0 Å². The fraction of sp³-hybridized carbons (Fsp3) is 0.458. The molecule has 3 rings (SSSR count). The molecule has 2 aromatic heterocycles. The minimum absolute atomic E-state index is 0.0976. The average Bonchev–Trinajstić information content (AvgIpc) is 3.29. The topological polar surface area (TPSA) is 161 Å². The maximum Gasteiger partial charge on any atom is 0.277 e. The van der Waals surface area contributed by atoms with Crippen LogP contribution in [0.3, 0.4) is 0 Å². The number of nitrogens with zero attached hydrogens (tertiary/aromatic N) is 5. The lowest BCUT2D eigenvalue weighted by Crippen LogP contribution is -2.33. The van der Waals surface area contributed by atoms with E-state index < -0.39 is 18.1 Å². The van der Waals surface area contributed by atoms with Crippen molar-refractivity contribution in [3.8, 4) is 28.7 Å². The molecule has 1 aromatic carbocycles. The highest BCUT2D eigenvalue weighted by Gasteiger charge is 2.20. The quantitative estimate of drug-likeness (QED) is 0.367. The van der Waals surface area contributed by atoms with Crippen LogP contribution in [0.4, 0.5) is 5.95 Å². The van der Waals surface area contributed by atoms with Gasteiger partial charge in [0, 0.05) is 30.8 Å². The number of hydrogen-bond donors (Lipinski definition) is 3. The summed E-state index contributed by atoms with van der Waals surface area (Å²) in [5.74, 6) is 1.01. The predicted molar refractivity (Wildman–Crippen MR) is 130 cm³/mol. The van der Waals surface area contributed by atoms with Crippen molar-refractivity contribution < 1.29 is 24.3 Å². The van der Waals surface area contributed by atoms with E-state index in [0.29, 0.717) is 29.1 Å². The van der Waals surface area contributed by atoms with Crippen LogP contribution in [0.5, 0.6) is 5.75 Å². The van der Waals surface area contributed by atoms with Gasteiger partial charge in [0.2, 0.25) is 17.7 Å². The molecule has 0 fully saturated rings. The Morgan fingerprint density at radius 2 is 1.74 bits per heavy atom. The van der Waals surface area contributed by atoms with Gasteiger partial charge in [0.1, 0.15) is 24.2 Å². The summed E-state index contributed by atoms with van der Waals surface area (Å²) >= 11 is 0. The number of ether oxygens (including phenoxy) is 1. The molecule has 3 aromatic rings. The van der Waals surface area contributed by atoms with Gasteiger partial charge in [-0.1, -0.05) is 5.16 Å². The third-order valence-corrected chi connectivity index (χ3v) is 5.50. The molecule has 4 N–H and O–H groups in total. The Bertz CT molecular complexity index is 1150. The Morgan fingerprint density at radius 1 is 1.09 bits per heavy atom. The summed E-state index contributed by atoms with van der Waals surface area (Å²) < 4.78 is 11.3. The molecular formula is C24H32N6O5. The summed E-state index contributed by atoms with van der Waals surface area (Å²) in [5, 5.41) is 23.7. The van der Waals surface area contributed by atoms with Gasteiger partial charge in [-0.15, -0.1) is 0 Å². The highest BCUT2D eigenvalue weighted by Crippen LogP contribution is 2.30. The van der Waals surface area contributed by atoms with Gasteiger partial charge in [0.05, 0.1) is 6.10 Å². The van der Waals surface area contributed by atoms with Gasteiger partial charge in [0.15, 0.2) is 0 Å². The largest absolute Gasteiger partial charge is 0.490 e. The minimum atomic E-state index is -1.42. The molecule has 0 aliphatic heterocycles. The number of aliphatic hydroxyl groups is 2. The molecule has 0 saturated heterocycles. The first-order valence-electron chi connectivity index (χ1n) is 11.5. The van der Waals surface area contributed by atoms with Gasteiger partial charge in [-0.3, -0.25) is 4.79 Å². The Labute approximate surface area is 204 Å². The van der Waals surface area contributed by atoms with Crippen molar-refractivity contribution in [2.75, 3.05) is 24.6 Å². The van der Waals surface area contributed by atoms with E-state index in [1.807, 2.05) is 51.7 Å². The third-order valence-electron chi connectivity index (χ3n) is 5.50. The average molecular weight is 485 g/mol. The lowest BCUT2D eigenvalue weighted by molar-refractivity contribution is -0.127. The molecule has 0 saturated carbocycles. The fourth-order valence-corrected chi connectivity index (χ4v) is 3.68. The summed E-state index contributed by atoms with van der Waals surface area (Å²) in [5.41, 5.74) is 8.72. The van der Waals surface area contributed by atoms with Crippen molar-refractivity contribution in [3.63, 3.8) is 0 Å². The molecule has 188 valence electrons. The molecule has 1 unspecified atom stereocenters. The molecular weight excluding hydrogens is 452 g/mol. The Hall–Kier alpha value is -3.57. The maximum atomic E-state index is 11.0. The SMILES string of the molecule is CCN(CC)c1nc(C)cc(-c2nc(-c3cc(C)c(OC[C@@H](O)CC(O)C(N)=O)c(C)c3)no2)n1. The number of carbonyl (C=O) groups excluding carboxylic acids is 1. The van der Waals surface area contributed by atoms with Gasteiger partial charge in [-0.25, -0.2) is 9.97 Å². The van der Waals surface area contributed by atoms with Crippen LogP contribution >= 0.6 is 0 Å². The van der Waals surface area contributed by atoms with E-state index in [1.54, 1.807) is 6.07 Å². The molecule has 1 amide bonds. The van der Waals surface area contributed by atoms with Crippen molar-refractivity contribution >= 4 is 11.9 Å². The highest BCUT2D eigenvalue weighted by molar-refractivity contribution is 5.78. The second kappa shape index (κ2) is 11.2. The molecule has 0 aliphatic rings. The van der Waals surface area contributed by atoms with E-state index in [9.17, 15) is 15.0 Å². The number of nitrogens with two attached hydrogens (primary N) is 1. The lowest BCUT2D eigenvalue weighted by atomic mass is 10.1. The van der Waals surface area contributed by atoms with E-state index in [4.69, 9.17) is 15.0 Å². The highest BCUT2D eigenvalue weighted by atomic mass is 16.5. The van der Waals surface area contributed by atoms with Crippen molar-refractivity contribution in [1.82, 2.24) is 20.1 Å². The van der Waals surface area contributed by atoms with Gasteiger partial charge in [-0.2, -0.15) is 4.98 Å². The summed E-state index contributed by atoms with van der Waals surface area (Å²) in [4.78, 5) is 26.7. The lowest BCUT2D eigenvalue weighted by Gasteiger charge is -2.18. The Kier molecular flexibility index (Phi) is 8.36. The van der Waals surface area contributed by atoms with Crippen LogP contribution in [-0.2, 0) is 4.79 Å². The molecule has 35 heavy (non-hydrogen) atoms. The number of aromatic nitrogens is 4. The number of anilines is 1. The molecule has 0 aliphatic carbocycles. The molecule has 2 heterocycles. The van der Waals surface area contributed by atoms with E-state index >= 15 is 0 Å². The number of carbonyl (C=O) groups is 1. The second-order valence-electron chi connectivity index (χ2n) is 8.35. The van der Waals surface area contributed by atoms with Crippen molar-refractivity contribution in [2.45, 2.75) is 53.2 Å². The number of aliphatic hydroxyl groups excluding tert-OH is 2. The van der Waals surface area contributed by atoms with Crippen LogP contribution in [0, 0.1) is 20.8 Å². The predicted octanol–water partition coefficient (Wildman–Crippen LogP) is 1.94. The van der Waals surface area contributed by atoms with E-state index in [0.717, 1.165) is 35.5 Å². The Balaban J connectivity index is 1.79. The van der Waals surface area contributed by atoms with E-state index in [-0.39, 0.29) is 13.0 Å². The first kappa shape index (κ1) is 26.0. The standard InChI is InChI=1S/C24H32N6O5/c1-6-30(7-2)24-26-15(5)10-18(27-24)23-28-22(29-35-23)16-8-13(3)20(14(4)9-16)34-12-17(31)11-19(32)21(25)33/h8-10,17,19,31-32H,6-7,11-12H2,1-5H3,(H2,25,33)/t17-,19?/m0/s1. The van der Waals surface area contributed by atoms with Crippen LogP contribution in [0.2, 0.25) is 0 Å². The number of rotatable bonds is 11. The molecule has 2 atom stereocenters. The maximum absolute atomic E-state index is 11.0. The van der Waals surface area contributed by atoms with Gasteiger partial charge in [0.25, 0.3) is 5.89 Å². The zero-order chi connectivity index (χ0) is 25.7.